The zero-order valence-electron chi connectivity index (χ0n) is 32.6. The third-order valence-corrected chi connectivity index (χ3v) is 13.8. The fourth-order valence-electron chi connectivity index (χ4n) is 12.4. The minimum Gasteiger partial charge on any atom is -0.208 e. The molecule has 4 aromatic carbocycles. The van der Waals surface area contributed by atoms with Gasteiger partial charge in [0.25, 0.3) is 0 Å². The molecule has 4 nitrogen and oxygen atoms in total. The van der Waals surface area contributed by atoms with Crippen LogP contribution in [-0.4, -0.2) is 15.0 Å². The second kappa shape index (κ2) is 13.9. The Balaban J connectivity index is 1.20. The third-order valence-electron chi connectivity index (χ3n) is 13.8. The van der Waals surface area contributed by atoms with Crippen molar-refractivity contribution in [2.24, 2.45) is 35.5 Å². The van der Waals surface area contributed by atoms with Gasteiger partial charge in [0.05, 0.1) is 11.6 Å². The largest absolute Gasteiger partial charge is 0.208 e. The van der Waals surface area contributed by atoms with Gasteiger partial charge in [-0.05, 0) is 151 Å². The van der Waals surface area contributed by atoms with Gasteiger partial charge in [-0.1, -0.05) is 107 Å². The van der Waals surface area contributed by atoms with E-state index in [2.05, 4.69) is 76.2 Å². The fourth-order valence-corrected chi connectivity index (χ4v) is 12.4. The summed E-state index contributed by atoms with van der Waals surface area (Å²) in [7, 11) is 0. The molecule has 1 heterocycles. The Morgan fingerprint density at radius 2 is 0.907 bits per heavy atom. The molecule has 4 unspecified atom stereocenters. The van der Waals surface area contributed by atoms with Gasteiger partial charge >= 0.3 is 0 Å². The van der Waals surface area contributed by atoms with Gasteiger partial charge in [-0.3, -0.25) is 0 Å². The highest BCUT2D eigenvalue weighted by Crippen LogP contribution is 2.58. The molecule has 0 saturated heterocycles. The van der Waals surface area contributed by atoms with Gasteiger partial charge in [0.2, 0.25) is 0 Å². The Bertz CT molecular complexity index is 2110. The SMILES string of the molecule is C[C@@H]1CC2C[C@H](C)CC(c3cc(-c4cccc(-c5nc(-c6ccccc6)nc(-c6cccc(C#N)c6)n5)c4)cc(C45CC(C[C@@H](C)C4)C[C@H](C)C5)c3)(C2)C1. The number of fused-ring (bicyclic) bond motifs is 4. The fraction of sp³-hybridized carbons (Fsp3) is 0.440. The number of nitrogens with zero attached hydrogens (tertiary/aromatic N) is 4. The molecule has 0 aliphatic heterocycles. The number of hydrogen-bond acceptors (Lipinski definition) is 4. The van der Waals surface area contributed by atoms with Crippen molar-refractivity contribution in [1.82, 2.24) is 15.0 Å². The molecule has 4 fully saturated rings. The van der Waals surface area contributed by atoms with E-state index in [4.69, 9.17) is 15.0 Å². The topological polar surface area (TPSA) is 62.5 Å². The first kappa shape index (κ1) is 35.1. The standard InChI is InChI=1S/C50H54N4/c1-32-16-37-17-33(2)26-49(25-32,29-37)44-22-43(23-45(24-44)50-27-34(3)18-38(30-50)19-35(4)28-50)40-13-9-15-42(21-40)48-53-46(39-11-6-5-7-12-39)52-47(54-48)41-14-8-10-36(20-41)31-51/h5-15,20-24,32-35,37-38H,16-19,25-30H2,1-4H3/t32-,33+,34-,35+,37?,38?,49?,50?. The second-order valence-corrected chi connectivity index (χ2v) is 18.6. The van der Waals surface area contributed by atoms with Gasteiger partial charge in [-0.15, -0.1) is 0 Å². The van der Waals surface area contributed by atoms with Gasteiger partial charge in [0.1, 0.15) is 0 Å². The monoisotopic (exact) mass is 710 g/mol. The van der Waals surface area contributed by atoms with E-state index in [1.54, 1.807) is 11.1 Å². The van der Waals surface area contributed by atoms with Crippen LogP contribution < -0.4 is 0 Å². The van der Waals surface area contributed by atoms with E-state index < -0.39 is 0 Å². The van der Waals surface area contributed by atoms with E-state index in [9.17, 15) is 5.26 Å². The Hall–Kier alpha value is -4.62. The second-order valence-electron chi connectivity index (χ2n) is 18.6. The van der Waals surface area contributed by atoms with Gasteiger partial charge < -0.3 is 0 Å². The van der Waals surface area contributed by atoms with Crippen molar-refractivity contribution in [1.29, 1.82) is 5.26 Å². The third kappa shape index (κ3) is 6.70. The van der Waals surface area contributed by atoms with Crippen LogP contribution in [-0.2, 0) is 10.8 Å². The van der Waals surface area contributed by atoms with Crippen LogP contribution in [0, 0.1) is 46.8 Å². The van der Waals surface area contributed by atoms with E-state index in [-0.39, 0.29) is 10.8 Å². The molecule has 0 radical (unpaired) electrons. The number of benzene rings is 4. The molecular weight excluding hydrogens is 657 g/mol. The predicted octanol–water partition coefficient (Wildman–Crippen LogP) is 12.6. The number of rotatable bonds is 6. The average molecular weight is 711 g/mol. The van der Waals surface area contributed by atoms with E-state index in [1.807, 2.05) is 54.6 Å². The Kier molecular flexibility index (Phi) is 9.04. The molecule has 9 rings (SSSR count). The van der Waals surface area contributed by atoms with E-state index >= 15 is 0 Å². The van der Waals surface area contributed by atoms with Crippen molar-refractivity contribution < 1.29 is 0 Å². The molecule has 4 bridgehead atoms. The lowest BCUT2D eigenvalue weighted by atomic mass is 9.52. The van der Waals surface area contributed by atoms with Gasteiger partial charge in [-0.25, -0.2) is 15.0 Å². The molecule has 274 valence electrons. The molecule has 0 amide bonds. The molecule has 4 aliphatic rings. The summed E-state index contributed by atoms with van der Waals surface area (Å²) in [6, 6.07) is 36.8. The molecule has 54 heavy (non-hydrogen) atoms. The first-order chi connectivity index (χ1) is 26.2. The first-order valence-electron chi connectivity index (χ1n) is 20.7. The summed E-state index contributed by atoms with van der Waals surface area (Å²) in [4.78, 5) is 15.1. The smallest absolute Gasteiger partial charge is 0.164 e. The van der Waals surface area contributed by atoms with Gasteiger partial charge in [0.15, 0.2) is 17.5 Å². The zero-order valence-corrected chi connectivity index (χ0v) is 32.6. The van der Waals surface area contributed by atoms with Crippen LogP contribution >= 0.6 is 0 Å². The average Bonchev–Trinajstić information content (AvgIpc) is 3.17. The Labute approximate surface area is 322 Å². The summed E-state index contributed by atoms with van der Waals surface area (Å²) in [6.07, 6.45) is 13.5. The van der Waals surface area contributed by atoms with Crippen LogP contribution in [0.25, 0.3) is 45.3 Å². The van der Waals surface area contributed by atoms with Crippen molar-refractivity contribution in [3.05, 3.63) is 114 Å². The predicted molar refractivity (Wildman–Crippen MR) is 219 cm³/mol. The Morgan fingerprint density at radius 3 is 1.43 bits per heavy atom. The summed E-state index contributed by atoms with van der Waals surface area (Å²) in [5.74, 6) is 6.60. The normalized spacial score (nSPS) is 30.4. The minimum absolute atomic E-state index is 0.255. The minimum atomic E-state index is 0.255. The lowest BCUT2D eigenvalue weighted by molar-refractivity contribution is 0.0738. The van der Waals surface area contributed by atoms with Gasteiger partial charge in [0, 0.05) is 16.7 Å². The van der Waals surface area contributed by atoms with Crippen LogP contribution in [0.5, 0.6) is 0 Å². The van der Waals surface area contributed by atoms with Crippen molar-refractivity contribution >= 4 is 0 Å². The maximum Gasteiger partial charge on any atom is 0.164 e. The van der Waals surface area contributed by atoms with Crippen LogP contribution in [0.2, 0.25) is 0 Å². The lowest BCUT2D eigenvalue weighted by Crippen LogP contribution is -2.44. The van der Waals surface area contributed by atoms with Crippen LogP contribution in [0.3, 0.4) is 0 Å². The molecule has 4 heteroatoms. The summed E-state index contributed by atoms with van der Waals surface area (Å²) in [5.41, 5.74) is 9.61. The van der Waals surface area contributed by atoms with Crippen LogP contribution in [0.1, 0.15) is 109 Å². The lowest BCUT2D eigenvalue weighted by Gasteiger charge is -2.52. The summed E-state index contributed by atoms with van der Waals surface area (Å²) < 4.78 is 0. The number of nitriles is 1. The van der Waals surface area contributed by atoms with Crippen LogP contribution in [0.4, 0.5) is 0 Å². The first-order valence-corrected chi connectivity index (χ1v) is 20.7. The Morgan fingerprint density at radius 1 is 0.463 bits per heavy atom. The highest BCUT2D eigenvalue weighted by molar-refractivity contribution is 5.74. The quantitative estimate of drug-likeness (QED) is 0.176. The molecule has 5 aromatic rings. The molecule has 0 spiro atoms. The van der Waals surface area contributed by atoms with Crippen molar-refractivity contribution in [2.45, 2.75) is 103 Å². The van der Waals surface area contributed by atoms with E-state index in [1.165, 1.54) is 75.3 Å². The van der Waals surface area contributed by atoms with Crippen molar-refractivity contribution in [2.75, 3.05) is 0 Å². The van der Waals surface area contributed by atoms with E-state index in [0.717, 1.165) is 52.2 Å². The maximum atomic E-state index is 9.66. The van der Waals surface area contributed by atoms with Crippen molar-refractivity contribution in [3.63, 3.8) is 0 Å². The molecule has 0 N–H and O–H groups in total. The molecule has 1 aromatic heterocycles. The summed E-state index contributed by atoms with van der Waals surface area (Å²) >= 11 is 0. The maximum absolute atomic E-state index is 9.66. The van der Waals surface area contributed by atoms with E-state index in [0.29, 0.717) is 23.0 Å². The molecule has 4 aliphatic carbocycles. The summed E-state index contributed by atoms with van der Waals surface area (Å²) in [5, 5.41) is 9.66. The van der Waals surface area contributed by atoms with Crippen molar-refractivity contribution in [3.8, 4) is 51.4 Å². The molecule has 8 atom stereocenters. The number of hydrogen-bond donors (Lipinski definition) is 0. The highest BCUT2D eigenvalue weighted by atomic mass is 15.0. The van der Waals surface area contributed by atoms with Gasteiger partial charge in [-0.2, -0.15) is 5.26 Å². The summed E-state index contributed by atoms with van der Waals surface area (Å²) in [6.45, 7) is 10.1. The number of aromatic nitrogens is 3. The zero-order chi connectivity index (χ0) is 37.0. The van der Waals surface area contributed by atoms with Crippen LogP contribution in [0.15, 0.2) is 97.1 Å². The molecular formula is C50H54N4. The molecule has 4 saturated carbocycles. The highest BCUT2D eigenvalue weighted by Gasteiger charge is 2.48.